The number of amides is 3. The molecule has 0 aliphatic heterocycles. The van der Waals surface area contributed by atoms with Gasteiger partial charge in [0.25, 0.3) is 5.91 Å². The van der Waals surface area contributed by atoms with Crippen molar-refractivity contribution in [3.63, 3.8) is 0 Å². The van der Waals surface area contributed by atoms with Gasteiger partial charge in [0.15, 0.2) is 0 Å². The minimum absolute atomic E-state index is 0.257. The molecule has 0 fully saturated rings. The number of carbonyl (C=O) groups is 3. The number of aryl methyl sites for hydroxylation is 1. The summed E-state index contributed by atoms with van der Waals surface area (Å²) in [6.45, 7) is 3.78. The summed E-state index contributed by atoms with van der Waals surface area (Å²) >= 11 is 0. The van der Waals surface area contributed by atoms with E-state index in [4.69, 9.17) is 0 Å². The maximum absolute atomic E-state index is 12.4. The number of hydrogen-bond acceptors (Lipinski definition) is 4. The van der Waals surface area contributed by atoms with E-state index in [0.29, 0.717) is 23.4 Å². The Balaban J connectivity index is 1.66. The Hall–Kier alpha value is -4.00. The summed E-state index contributed by atoms with van der Waals surface area (Å²) in [5.41, 5.74) is 3.16. The van der Waals surface area contributed by atoms with Crippen molar-refractivity contribution in [3.05, 3.63) is 89.7 Å². The lowest BCUT2D eigenvalue weighted by atomic mass is 10.0. The summed E-state index contributed by atoms with van der Waals surface area (Å²) < 4.78 is 0. The molecule has 0 spiro atoms. The fourth-order valence-electron chi connectivity index (χ4n) is 3.05. The molecule has 3 N–H and O–H groups in total. The van der Waals surface area contributed by atoms with Gasteiger partial charge in [0, 0.05) is 29.3 Å². The second kappa shape index (κ2) is 10.2. The van der Waals surface area contributed by atoms with E-state index < -0.39 is 11.8 Å². The maximum Gasteiger partial charge on any atom is 0.313 e. The molecule has 7 nitrogen and oxygen atoms in total. The average Bonchev–Trinajstić information content (AvgIpc) is 2.80. The number of nitrogens with zero attached hydrogens (tertiary/aromatic N) is 1. The third-order valence-electron chi connectivity index (χ3n) is 4.81. The van der Waals surface area contributed by atoms with Crippen molar-refractivity contribution in [2.75, 3.05) is 10.6 Å². The quantitative estimate of drug-likeness (QED) is 0.532. The molecular formula is C24H24N4O3. The molecule has 1 aromatic heterocycles. The first-order valence-corrected chi connectivity index (χ1v) is 9.96. The van der Waals surface area contributed by atoms with Crippen LogP contribution in [0, 0.1) is 6.92 Å². The third-order valence-corrected chi connectivity index (χ3v) is 4.81. The maximum atomic E-state index is 12.4. The molecule has 0 aliphatic rings. The Kier molecular flexibility index (Phi) is 7.11. The molecule has 0 saturated heterocycles. The van der Waals surface area contributed by atoms with Crippen molar-refractivity contribution in [2.45, 2.75) is 26.3 Å². The zero-order valence-electron chi connectivity index (χ0n) is 17.4. The monoisotopic (exact) mass is 416 g/mol. The summed E-state index contributed by atoms with van der Waals surface area (Å²) in [4.78, 5) is 41.1. The number of hydrogen-bond donors (Lipinski definition) is 3. The van der Waals surface area contributed by atoms with E-state index in [0.717, 1.165) is 11.1 Å². The number of rotatable bonds is 6. The number of anilines is 2. The Bertz CT molecular complexity index is 1070. The second-order valence-corrected chi connectivity index (χ2v) is 7.02. The van der Waals surface area contributed by atoms with Crippen molar-refractivity contribution in [2.24, 2.45) is 0 Å². The van der Waals surface area contributed by atoms with Crippen LogP contribution >= 0.6 is 0 Å². The van der Waals surface area contributed by atoms with Crippen LogP contribution in [0.1, 0.15) is 40.9 Å². The smallest absolute Gasteiger partial charge is 0.313 e. The van der Waals surface area contributed by atoms with Crippen molar-refractivity contribution in [1.29, 1.82) is 0 Å². The standard InChI is InChI=1S/C24H24N4O3/c1-3-20(17-7-5-4-6-8-17)27-24(31)23(30)26-19-10-9-16(2)21(15-19)28-22(29)18-11-13-25-14-12-18/h4-15,20H,3H2,1-2H3,(H,26,30)(H,27,31)(H,28,29)/t20-/m1/s1. The van der Waals surface area contributed by atoms with Gasteiger partial charge in [0.2, 0.25) is 0 Å². The molecule has 0 unspecified atom stereocenters. The largest absolute Gasteiger partial charge is 0.341 e. The van der Waals surface area contributed by atoms with Crippen molar-refractivity contribution < 1.29 is 14.4 Å². The molecule has 1 heterocycles. The Morgan fingerprint density at radius 2 is 1.61 bits per heavy atom. The summed E-state index contributed by atoms with van der Waals surface area (Å²) in [6, 6.07) is 17.5. The van der Waals surface area contributed by atoms with Crippen LogP contribution < -0.4 is 16.0 Å². The number of aromatic nitrogens is 1. The van der Waals surface area contributed by atoms with Crippen molar-refractivity contribution in [3.8, 4) is 0 Å². The van der Waals surface area contributed by atoms with E-state index in [1.54, 1.807) is 30.3 Å². The molecule has 3 aromatic rings. The molecule has 0 radical (unpaired) electrons. The summed E-state index contributed by atoms with van der Waals surface area (Å²) in [7, 11) is 0. The molecular weight excluding hydrogens is 392 g/mol. The zero-order valence-corrected chi connectivity index (χ0v) is 17.4. The van der Waals surface area contributed by atoms with Crippen LogP contribution in [0.25, 0.3) is 0 Å². The fraction of sp³-hybridized carbons (Fsp3) is 0.167. The number of nitrogens with one attached hydrogen (secondary N) is 3. The Morgan fingerprint density at radius 3 is 2.29 bits per heavy atom. The predicted molar refractivity (Wildman–Crippen MR) is 120 cm³/mol. The SMILES string of the molecule is CC[C@@H](NC(=O)C(=O)Nc1ccc(C)c(NC(=O)c2ccncc2)c1)c1ccccc1. The molecule has 0 saturated carbocycles. The highest BCUT2D eigenvalue weighted by Gasteiger charge is 2.19. The van der Waals surface area contributed by atoms with E-state index in [-0.39, 0.29) is 11.9 Å². The number of benzene rings is 2. The highest BCUT2D eigenvalue weighted by Crippen LogP contribution is 2.21. The van der Waals surface area contributed by atoms with E-state index in [9.17, 15) is 14.4 Å². The molecule has 158 valence electrons. The van der Waals surface area contributed by atoms with Crippen LogP contribution in [-0.4, -0.2) is 22.7 Å². The van der Waals surface area contributed by atoms with Gasteiger partial charge in [0.05, 0.1) is 6.04 Å². The van der Waals surface area contributed by atoms with Crippen molar-refractivity contribution >= 4 is 29.1 Å². The lowest BCUT2D eigenvalue weighted by Gasteiger charge is -2.17. The van der Waals surface area contributed by atoms with Crippen LogP contribution in [0.15, 0.2) is 73.1 Å². The molecule has 2 aromatic carbocycles. The Morgan fingerprint density at radius 1 is 0.903 bits per heavy atom. The van der Waals surface area contributed by atoms with Gasteiger partial charge in [-0.3, -0.25) is 19.4 Å². The van der Waals surface area contributed by atoms with Crippen LogP contribution in [0.2, 0.25) is 0 Å². The number of carbonyl (C=O) groups excluding carboxylic acids is 3. The van der Waals surface area contributed by atoms with Crippen LogP contribution in [0.3, 0.4) is 0 Å². The molecule has 3 amide bonds. The van der Waals surface area contributed by atoms with Gasteiger partial charge in [-0.2, -0.15) is 0 Å². The molecule has 7 heteroatoms. The lowest BCUT2D eigenvalue weighted by molar-refractivity contribution is -0.136. The van der Waals surface area contributed by atoms with E-state index in [1.165, 1.54) is 12.4 Å². The zero-order chi connectivity index (χ0) is 22.2. The van der Waals surface area contributed by atoms with Gasteiger partial charge in [-0.25, -0.2) is 0 Å². The lowest BCUT2D eigenvalue weighted by Crippen LogP contribution is -2.37. The minimum Gasteiger partial charge on any atom is -0.341 e. The van der Waals surface area contributed by atoms with Gasteiger partial charge in [-0.15, -0.1) is 0 Å². The predicted octanol–water partition coefficient (Wildman–Crippen LogP) is 3.85. The van der Waals surface area contributed by atoms with Crippen LogP contribution in [0.4, 0.5) is 11.4 Å². The van der Waals surface area contributed by atoms with E-state index in [2.05, 4.69) is 20.9 Å². The van der Waals surface area contributed by atoms with Gasteiger partial charge in [0.1, 0.15) is 0 Å². The highest BCUT2D eigenvalue weighted by molar-refractivity contribution is 6.39. The van der Waals surface area contributed by atoms with Gasteiger partial charge in [-0.1, -0.05) is 43.3 Å². The first-order chi connectivity index (χ1) is 15.0. The minimum atomic E-state index is -0.773. The Labute approximate surface area is 180 Å². The first-order valence-electron chi connectivity index (χ1n) is 9.96. The summed E-state index contributed by atoms with van der Waals surface area (Å²) in [5.74, 6) is -1.79. The van der Waals surface area contributed by atoms with Gasteiger partial charge in [-0.05, 0) is 48.7 Å². The number of pyridine rings is 1. The third kappa shape index (κ3) is 5.76. The van der Waals surface area contributed by atoms with Gasteiger partial charge >= 0.3 is 11.8 Å². The normalized spacial score (nSPS) is 11.3. The highest BCUT2D eigenvalue weighted by atomic mass is 16.2. The second-order valence-electron chi connectivity index (χ2n) is 7.02. The first kappa shape index (κ1) is 21.7. The summed E-state index contributed by atoms with van der Waals surface area (Å²) in [6.07, 6.45) is 3.73. The van der Waals surface area contributed by atoms with Crippen LogP contribution in [-0.2, 0) is 9.59 Å². The topological polar surface area (TPSA) is 100 Å². The molecule has 3 rings (SSSR count). The summed E-state index contributed by atoms with van der Waals surface area (Å²) in [5, 5.41) is 8.16. The molecule has 0 aliphatic carbocycles. The average molecular weight is 416 g/mol. The molecule has 31 heavy (non-hydrogen) atoms. The van der Waals surface area contributed by atoms with Crippen molar-refractivity contribution in [1.82, 2.24) is 10.3 Å². The van der Waals surface area contributed by atoms with E-state index in [1.807, 2.05) is 44.2 Å². The molecule has 1 atom stereocenters. The van der Waals surface area contributed by atoms with Crippen LogP contribution in [0.5, 0.6) is 0 Å². The van der Waals surface area contributed by atoms with Gasteiger partial charge < -0.3 is 16.0 Å². The molecule has 0 bridgehead atoms. The fourth-order valence-corrected chi connectivity index (χ4v) is 3.05. The van der Waals surface area contributed by atoms with E-state index >= 15 is 0 Å².